The molecule has 0 heterocycles. The van der Waals surface area contributed by atoms with Gasteiger partial charge in [-0.15, -0.1) is 91.6 Å². The third-order valence-electron chi connectivity index (χ3n) is 30.3. The molecule has 12 aromatic carbocycles. The summed E-state index contributed by atoms with van der Waals surface area (Å²) in [4.78, 5) is 0. The molecule has 0 saturated heterocycles. The van der Waals surface area contributed by atoms with Crippen LogP contribution in [0.4, 0.5) is 0 Å². The van der Waals surface area contributed by atoms with Gasteiger partial charge in [0.1, 0.15) is 23.0 Å². The molecule has 0 aliphatic heterocycles. The molecule has 0 spiro atoms. The Bertz CT molecular complexity index is 5720. The summed E-state index contributed by atoms with van der Waals surface area (Å²) in [5.74, 6) is 6.20. The standard InChI is InChI=1S/2C59H71O2Si3.2ClH.Zr/c2*1-38(2)52-36-54-48(44-26-24-42-34-46(30-28-40(42)32-44)60-63(12,13)58(5,6)7)20-16-18-22-50(54)56(52)62(11)57-51-23-19-17-21-49(55(51)37-53(57)39(3)4)45-27-25-43-35-47(31-29-41(43)33-45)61-64(14,15)59(8,9)10;;;/h2*16-39,48-49H,1-15H3;2*1H;/q2*-2;;;+2/p-2. The maximum absolute atomic E-state index is 6.72. The van der Waals surface area contributed by atoms with Crippen LogP contribution < -0.4 is 38.5 Å². The average Bonchev–Trinajstić information content (AvgIpc) is 1.58. The SMILES string of the molecule is CC(C)c1cc2c([c-]1[Si](C)[c-]1c(C(C)C)cc3c1C=CC=CC3c1ccc3cc(O[Si](C)(C)C(C)(C)C)ccc3c1)C=CC=CC2c1ccc2cc(O[Si](C)(C)C(C)(C)C)ccc2c1.CC(C)c1cc2c([c-]1[Si](C)[c-]1c(C(C)C)cc3c1C=CC=CC3c1ccc3cc(O[Si](C)(C)C(C)(C)C)ccc3c1)C=CC=CC2c1ccc2cc(O[Si](C)(C)C(C)(C)C)ccc2c1.[Cl][Zr][Cl]. The third kappa shape index (κ3) is 20.6. The molecule has 684 valence electrons. The second-order valence-corrected chi connectivity index (χ2v) is 71.9. The summed E-state index contributed by atoms with van der Waals surface area (Å²) >= 11 is -0.826. The van der Waals surface area contributed by atoms with Gasteiger partial charge in [0.2, 0.25) is 33.3 Å². The van der Waals surface area contributed by atoms with Crippen molar-refractivity contribution in [2.45, 2.75) is 271 Å². The molecule has 13 heteroatoms. The molecule has 0 aromatic heterocycles. The van der Waals surface area contributed by atoms with Crippen LogP contribution in [0.5, 0.6) is 23.0 Å². The topological polar surface area (TPSA) is 36.9 Å². The Hall–Kier alpha value is -7.92. The number of hydrogen-bond donors (Lipinski definition) is 0. The maximum atomic E-state index is 6.72. The van der Waals surface area contributed by atoms with Crippen molar-refractivity contribution in [2.24, 2.45) is 0 Å². The van der Waals surface area contributed by atoms with Crippen molar-refractivity contribution in [3.05, 3.63) is 332 Å². The van der Waals surface area contributed by atoms with E-state index in [1.54, 1.807) is 20.7 Å². The van der Waals surface area contributed by atoms with Crippen molar-refractivity contribution in [1.82, 2.24) is 0 Å². The molecule has 4 aliphatic carbocycles. The number of fused-ring (bicyclic) bond motifs is 8. The first-order valence-electron chi connectivity index (χ1n) is 47.8. The third-order valence-corrected chi connectivity index (χ3v) is 52.9. The molecule has 0 saturated carbocycles. The van der Waals surface area contributed by atoms with Gasteiger partial charge >= 0.3 is 37.9 Å². The number of hydrogen-bond acceptors (Lipinski definition) is 4. The molecule has 12 aromatic rings. The molecule has 4 unspecified atom stereocenters. The molecule has 4 aliphatic rings. The zero-order chi connectivity index (χ0) is 94.9. The molecule has 0 fully saturated rings. The van der Waals surface area contributed by atoms with Crippen molar-refractivity contribution in [3.63, 3.8) is 0 Å². The Morgan fingerprint density at radius 2 is 0.450 bits per heavy atom. The fraction of sp³-hybridized carbons (Fsp3) is 0.356. The first-order chi connectivity index (χ1) is 61.5. The Balaban J connectivity index is 0.000000205. The molecule has 131 heavy (non-hydrogen) atoms. The van der Waals surface area contributed by atoms with Crippen LogP contribution in [0.2, 0.25) is 85.6 Å². The molecule has 0 bridgehead atoms. The van der Waals surface area contributed by atoms with Crippen molar-refractivity contribution in [2.75, 3.05) is 0 Å². The second-order valence-electron chi connectivity index (χ2n) is 44.7. The Kier molecular flexibility index (Phi) is 29.3. The van der Waals surface area contributed by atoms with Crippen LogP contribution in [0.3, 0.4) is 0 Å². The van der Waals surface area contributed by atoms with Gasteiger partial charge in [0, 0.05) is 17.6 Å². The number of halogens is 2. The predicted molar refractivity (Wildman–Crippen MR) is 585 cm³/mol. The summed E-state index contributed by atoms with van der Waals surface area (Å²) in [5.41, 5.74) is 22.8. The van der Waals surface area contributed by atoms with E-state index in [-0.39, 0.29) is 43.8 Å². The van der Waals surface area contributed by atoms with Crippen LogP contribution in [-0.2, 0) is 20.8 Å². The van der Waals surface area contributed by atoms with Crippen LogP contribution in [0.25, 0.3) is 67.4 Å². The Labute approximate surface area is 813 Å². The van der Waals surface area contributed by atoms with Gasteiger partial charge in [-0.3, -0.25) is 0 Å². The van der Waals surface area contributed by atoms with E-state index in [0.717, 1.165) is 23.0 Å². The van der Waals surface area contributed by atoms with Gasteiger partial charge in [-0.1, -0.05) is 297 Å². The van der Waals surface area contributed by atoms with Crippen molar-refractivity contribution in [1.29, 1.82) is 0 Å². The monoisotopic (exact) mass is 1950 g/mol. The molecule has 16 rings (SSSR count). The second kappa shape index (κ2) is 38.7. The number of benzene rings is 8. The minimum absolute atomic E-state index is 0.148. The van der Waals surface area contributed by atoms with Crippen LogP contribution in [0.1, 0.15) is 275 Å². The van der Waals surface area contributed by atoms with E-state index in [1.165, 1.54) is 132 Å². The van der Waals surface area contributed by atoms with Gasteiger partial charge in [-0.2, -0.15) is 68.8 Å². The van der Waals surface area contributed by atoms with E-state index in [2.05, 4.69) is 471 Å². The summed E-state index contributed by atoms with van der Waals surface area (Å²) in [6.07, 6.45) is 37.5. The first-order valence-corrected chi connectivity index (χ1v) is 69.8. The zero-order valence-corrected chi connectivity index (χ0v) is 93.9. The molecule has 2 radical (unpaired) electrons. The quantitative estimate of drug-likeness (QED) is 0.0563. The van der Waals surface area contributed by atoms with Crippen molar-refractivity contribution >= 4 is 156 Å². The van der Waals surface area contributed by atoms with Crippen molar-refractivity contribution in [3.8, 4) is 23.0 Å². The van der Waals surface area contributed by atoms with Crippen LogP contribution in [-0.4, -0.2) is 50.9 Å². The molecule has 4 atom stereocenters. The van der Waals surface area contributed by atoms with E-state index < -0.39 is 71.7 Å². The fourth-order valence-corrected chi connectivity index (χ4v) is 28.9. The number of allylic oxidation sites excluding steroid dienone is 12. The summed E-state index contributed by atoms with van der Waals surface area (Å²) in [5, 5.41) is 16.8. The predicted octanol–water partition coefficient (Wildman–Crippen LogP) is 33.6. The van der Waals surface area contributed by atoms with Crippen LogP contribution in [0, 0.1) is 0 Å². The molecular formula is C118H142Cl2O4Si6Zr-4. The van der Waals surface area contributed by atoms with Crippen LogP contribution >= 0.6 is 17.0 Å². The van der Waals surface area contributed by atoms with Gasteiger partial charge in [-0.25, -0.2) is 0 Å². The molecule has 0 amide bonds. The molecular weight excluding hydrogens is 1810 g/mol. The van der Waals surface area contributed by atoms with Gasteiger partial charge in [0.05, 0.1) is 0 Å². The normalized spacial score (nSPS) is 16.6. The van der Waals surface area contributed by atoms with E-state index in [1.807, 2.05) is 0 Å². The van der Waals surface area contributed by atoms with Gasteiger partial charge in [-0.05, 0) is 234 Å². The Morgan fingerprint density at radius 3 is 0.626 bits per heavy atom. The summed E-state index contributed by atoms with van der Waals surface area (Å²) in [7, 11) is -0.373. The molecule has 4 nitrogen and oxygen atoms in total. The Morgan fingerprint density at radius 1 is 0.275 bits per heavy atom. The van der Waals surface area contributed by atoms with Gasteiger partial charge < -0.3 is 17.7 Å². The van der Waals surface area contributed by atoms with E-state index >= 15 is 0 Å². The van der Waals surface area contributed by atoms with Crippen LogP contribution in [0.15, 0.2) is 243 Å². The summed E-state index contributed by atoms with van der Waals surface area (Å²) in [6, 6.07) is 65.3. The van der Waals surface area contributed by atoms with E-state index in [0.29, 0.717) is 23.7 Å². The first kappa shape index (κ1) is 99.1. The van der Waals surface area contributed by atoms with Gasteiger partial charge in [0.15, 0.2) is 0 Å². The summed E-state index contributed by atoms with van der Waals surface area (Å²) in [6.45, 7) is 70.4. The van der Waals surface area contributed by atoms with E-state index in [4.69, 9.17) is 34.7 Å². The van der Waals surface area contributed by atoms with Gasteiger partial charge in [0.25, 0.3) is 0 Å². The minimum atomic E-state index is -1.94. The number of rotatable bonds is 20. The fourth-order valence-electron chi connectivity index (χ4n) is 18.6. The van der Waals surface area contributed by atoms with Crippen molar-refractivity contribution < 1.29 is 38.6 Å². The average molecular weight is 1960 g/mol. The van der Waals surface area contributed by atoms with E-state index in [9.17, 15) is 0 Å². The summed E-state index contributed by atoms with van der Waals surface area (Å²) < 4.78 is 26.9. The zero-order valence-electron chi connectivity index (χ0n) is 83.9. The molecule has 0 N–H and O–H groups in total.